The van der Waals surface area contributed by atoms with Gasteiger partial charge >= 0.3 is 0 Å². The van der Waals surface area contributed by atoms with Crippen molar-refractivity contribution in [2.45, 2.75) is 0 Å². The molecule has 0 spiro atoms. The van der Waals surface area contributed by atoms with Crippen LogP contribution >= 0.6 is 0 Å². The number of hydrogen-bond donors (Lipinski definition) is 0. The maximum absolute atomic E-state index is 6.79. The molecule has 3 aromatic heterocycles. The van der Waals surface area contributed by atoms with Gasteiger partial charge in [0.25, 0.3) is 6.71 Å². The zero-order valence-corrected chi connectivity index (χ0v) is 44.9. The molecule has 6 nitrogen and oxygen atoms in total. The molecule has 0 radical (unpaired) electrons. The van der Waals surface area contributed by atoms with Crippen LogP contribution in [0, 0.1) is 0 Å². The van der Waals surface area contributed by atoms with Gasteiger partial charge in [-0.05, 0) is 119 Å². The molecule has 0 saturated carbocycles. The number of aromatic nitrogens is 3. The van der Waals surface area contributed by atoms with Crippen LogP contribution < -0.4 is 26.2 Å². The second-order valence-corrected chi connectivity index (χ2v) is 21.6. The van der Waals surface area contributed by atoms with Gasteiger partial charge in [0, 0.05) is 72.4 Å². The summed E-state index contributed by atoms with van der Waals surface area (Å²) in [6.07, 6.45) is 0. The topological polar surface area (TPSA) is 50.3 Å². The minimum atomic E-state index is -0.00567. The zero-order chi connectivity index (χ0) is 54.5. The minimum Gasteiger partial charge on any atom is -0.455 e. The Balaban J connectivity index is 0.897. The van der Waals surface area contributed by atoms with Gasteiger partial charge in [-0.15, -0.1) is 0 Å². The SMILES string of the molecule is c1ccc(-c2cc(-c3ccccc3)nc(-c3ccc(-n4c5ccccc5c5c6oc7ccccc7c6ccc54)c(-c4ccc(-c5ccc6c7c5N(c5ccccc5)c5ccccc5B7c5ccccc5N6c5ccccc5)cc4)c3)n2)cc1. The average Bonchev–Trinajstić information content (AvgIpc) is 3.80. The highest BCUT2D eigenvalue weighted by molar-refractivity contribution is 7.00. The predicted molar refractivity (Wildman–Crippen MR) is 345 cm³/mol. The van der Waals surface area contributed by atoms with Gasteiger partial charge in [-0.1, -0.05) is 200 Å². The fourth-order valence-corrected chi connectivity index (χ4v) is 13.4. The summed E-state index contributed by atoms with van der Waals surface area (Å²) in [5.74, 6) is 0.649. The molecule has 0 fully saturated rings. The Morgan fingerprint density at radius 2 is 0.867 bits per heavy atom. The normalized spacial score (nSPS) is 12.5. The van der Waals surface area contributed by atoms with Crippen molar-refractivity contribution in [3.05, 3.63) is 291 Å². The van der Waals surface area contributed by atoms with Crippen LogP contribution in [0.2, 0.25) is 0 Å². The van der Waals surface area contributed by atoms with Crippen LogP contribution in [-0.4, -0.2) is 21.2 Å². The Bertz CT molecular complexity index is 4970. The third-order valence-electron chi connectivity index (χ3n) is 17.0. The maximum atomic E-state index is 6.79. The standard InChI is InChI=1S/C76H48BN5O/c1-5-21-51(22-6-1)63-48-64(52-23-7-2-8-24-52)79-76(78-63)53-41-44-66(82-65-33-17-13-30-59(65)72-69(82)45-43-58-57-29-14-20-36-71(57)83-75(58)72)60(47-53)50-39-37-49(38-40-50)56-42-46-70-73-74(56)81(55-27-11-4-12-28-55)68-35-19-16-32-62(68)77(73)61-31-15-18-34-67(61)80(70)54-25-9-3-10-26-54/h1-48H. The second kappa shape index (κ2) is 18.8. The van der Waals surface area contributed by atoms with Crippen LogP contribution in [0.25, 0.3) is 106 Å². The molecule has 0 aliphatic carbocycles. The molecule has 0 atom stereocenters. The fourth-order valence-electron chi connectivity index (χ4n) is 13.4. The van der Waals surface area contributed by atoms with Gasteiger partial charge in [-0.25, -0.2) is 9.97 Å². The predicted octanol–water partition coefficient (Wildman–Crippen LogP) is 17.9. The Morgan fingerprint density at radius 3 is 1.54 bits per heavy atom. The number of anilines is 6. The third kappa shape index (κ3) is 7.38. The van der Waals surface area contributed by atoms with Gasteiger partial charge in [0.05, 0.1) is 39.2 Å². The molecule has 5 heterocycles. The summed E-state index contributed by atoms with van der Waals surface area (Å²) in [6.45, 7) is -0.00567. The van der Waals surface area contributed by atoms with Gasteiger partial charge < -0.3 is 18.8 Å². The van der Waals surface area contributed by atoms with Gasteiger partial charge in [0.2, 0.25) is 0 Å². The van der Waals surface area contributed by atoms with Crippen LogP contribution in [0.15, 0.2) is 296 Å². The lowest BCUT2D eigenvalue weighted by Crippen LogP contribution is -2.61. The molecule has 386 valence electrons. The molecule has 0 N–H and O–H groups in total. The van der Waals surface area contributed by atoms with Crippen molar-refractivity contribution in [1.82, 2.24) is 14.5 Å². The maximum Gasteiger partial charge on any atom is 0.252 e. The number of rotatable bonds is 8. The summed E-state index contributed by atoms with van der Waals surface area (Å²) in [4.78, 5) is 15.7. The van der Waals surface area contributed by atoms with Crippen LogP contribution in [-0.2, 0) is 0 Å². The van der Waals surface area contributed by atoms with E-state index in [9.17, 15) is 0 Å². The lowest BCUT2D eigenvalue weighted by Gasteiger charge is -2.45. The lowest BCUT2D eigenvalue weighted by atomic mass is 9.33. The van der Waals surface area contributed by atoms with Crippen LogP contribution in [0.5, 0.6) is 0 Å². The molecule has 83 heavy (non-hydrogen) atoms. The smallest absolute Gasteiger partial charge is 0.252 e. The van der Waals surface area contributed by atoms with Gasteiger partial charge in [0.1, 0.15) is 11.2 Å². The zero-order valence-electron chi connectivity index (χ0n) is 44.9. The first-order chi connectivity index (χ1) is 41.2. The number of fused-ring (bicyclic) bond motifs is 11. The van der Waals surface area contributed by atoms with E-state index < -0.39 is 0 Å². The Morgan fingerprint density at radius 1 is 0.337 bits per heavy atom. The summed E-state index contributed by atoms with van der Waals surface area (Å²) < 4.78 is 9.21. The van der Waals surface area contributed by atoms with Gasteiger partial charge in [-0.3, -0.25) is 0 Å². The highest BCUT2D eigenvalue weighted by Gasteiger charge is 2.44. The minimum absolute atomic E-state index is 0.00567. The molecule has 0 amide bonds. The monoisotopic (exact) mass is 1060 g/mol. The molecule has 2 aliphatic heterocycles. The number of para-hydroxylation sites is 6. The molecule has 7 heteroatoms. The first kappa shape index (κ1) is 46.9. The van der Waals surface area contributed by atoms with Crippen LogP contribution in [0.4, 0.5) is 34.1 Å². The Labute approximate surface area is 480 Å². The van der Waals surface area contributed by atoms with E-state index in [1.165, 1.54) is 39.1 Å². The summed E-state index contributed by atoms with van der Waals surface area (Å²) in [7, 11) is 0. The van der Waals surface area contributed by atoms with E-state index in [-0.39, 0.29) is 6.71 Å². The second-order valence-electron chi connectivity index (χ2n) is 21.6. The van der Waals surface area contributed by atoms with Crippen molar-refractivity contribution >= 4 is 101 Å². The third-order valence-corrected chi connectivity index (χ3v) is 17.0. The highest BCUT2D eigenvalue weighted by Crippen LogP contribution is 2.49. The number of benzene rings is 12. The number of furan rings is 1. The van der Waals surface area contributed by atoms with Crippen molar-refractivity contribution in [3.8, 4) is 61.8 Å². The summed E-state index contributed by atoms with van der Waals surface area (Å²) in [5, 5.41) is 4.42. The molecule has 17 rings (SSSR count). The van der Waals surface area contributed by atoms with Crippen LogP contribution in [0.1, 0.15) is 0 Å². The first-order valence-corrected chi connectivity index (χ1v) is 28.3. The van der Waals surface area contributed by atoms with Gasteiger partial charge in [0.15, 0.2) is 5.82 Å². The van der Waals surface area contributed by atoms with E-state index in [1.807, 2.05) is 18.2 Å². The molecule has 0 bridgehead atoms. The van der Waals surface area contributed by atoms with Gasteiger partial charge in [-0.2, -0.15) is 0 Å². The highest BCUT2D eigenvalue weighted by atomic mass is 16.3. The summed E-state index contributed by atoms with van der Waals surface area (Å²) in [5.41, 5.74) is 24.8. The molecular formula is C76H48BN5O. The van der Waals surface area contributed by atoms with Crippen molar-refractivity contribution in [1.29, 1.82) is 0 Å². The van der Waals surface area contributed by atoms with Crippen molar-refractivity contribution in [2.75, 3.05) is 9.80 Å². The number of nitrogens with zero attached hydrogens (tertiary/aromatic N) is 5. The van der Waals surface area contributed by atoms with Crippen molar-refractivity contribution in [2.24, 2.45) is 0 Å². The quantitative estimate of drug-likeness (QED) is 0.142. The molecule has 2 aliphatic rings. The average molecular weight is 1060 g/mol. The van der Waals surface area contributed by atoms with E-state index in [4.69, 9.17) is 14.4 Å². The van der Waals surface area contributed by atoms with E-state index in [2.05, 4.69) is 287 Å². The fraction of sp³-hybridized carbons (Fsp3) is 0. The molecule has 15 aromatic rings. The molecule has 12 aromatic carbocycles. The van der Waals surface area contributed by atoms with E-state index >= 15 is 0 Å². The molecule has 0 saturated heterocycles. The molecular weight excluding hydrogens is 1010 g/mol. The van der Waals surface area contributed by atoms with Crippen molar-refractivity contribution in [3.63, 3.8) is 0 Å². The Hall–Kier alpha value is -11.0. The summed E-state index contributed by atoms with van der Waals surface area (Å²) in [6, 6.07) is 105. The van der Waals surface area contributed by atoms with Crippen LogP contribution in [0.3, 0.4) is 0 Å². The van der Waals surface area contributed by atoms with E-state index in [1.54, 1.807) is 0 Å². The largest absolute Gasteiger partial charge is 0.455 e. The van der Waals surface area contributed by atoms with E-state index in [0.29, 0.717) is 5.82 Å². The Kier molecular flexibility index (Phi) is 10.6. The lowest BCUT2D eigenvalue weighted by molar-refractivity contribution is 0.673. The summed E-state index contributed by atoms with van der Waals surface area (Å²) >= 11 is 0. The number of hydrogen-bond acceptors (Lipinski definition) is 5. The van der Waals surface area contributed by atoms with Crippen molar-refractivity contribution < 1.29 is 4.42 Å². The van der Waals surface area contributed by atoms with E-state index in [0.717, 1.165) is 111 Å². The first-order valence-electron chi connectivity index (χ1n) is 28.3. The molecule has 0 unspecified atom stereocenters.